The SMILES string of the molecule is C/C=C1\c2ccccc2Sc2ccc(I)cc21. The molecule has 0 unspecified atom stereocenters. The van der Waals surface area contributed by atoms with Gasteiger partial charge in [-0.1, -0.05) is 36.0 Å². The molecule has 0 amide bonds. The van der Waals surface area contributed by atoms with Gasteiger partial charge in [0, 0.05) is 13.4 Å². The molecule has 0 saturated heterocycles. The van der Waals surface area contributed by atoms with Crippen LogP contribution in [0.15, 0.2) is 58.3 Å². The van der Waals surface area contributed by atoms with Crippen LogP contribution >= 0.6 is 34.4 Å². The Hall–Kier alpha value is -0.740. The van der Waals surface area contributed by atoms with Gasteiger partial charge in [0.15, 0.2) is 0 Å². The van der Waals surface area contributed by atoms with Crippen molar-refractivity contribution >= 4 is 39.9 Å². The Kier molecular flexibility index (Phi) is 3.01. The van der Waals surface area contributed by atoms with Gasteiger partial charge in [0.2, 0.25) is 0 Å². The molecule has 0 aromatic heterocycles. The molecule has 0 radical (unpaired) electrons. The van der Waals surface area contributed by atoms with Gasteiger partial charge in [-0.05, 0) is 70.5 Å². The van der Waals surface area contributed by atoms with Gasteiger partial charge >= 0.3 is 0 Å². The quantitative estimate of drug-likeness (QED) is 0.502. The number of fused-ring (bicyclic) bond motifs is 2. The van der Waals surface area contributed by atoms with Crippen LogP contribution < -0.4 is 0 Å². The average molecular weight is 350 g/mol. The molecular weight excluding hydrogens is 339 g/mol. The first kappa shape index (κ1) is 11.4. The number of benzene rings is 2. The first-order valence-corrected chi connectivity index (χ1v) is 7.42. The van der Waals surface area contributed by atoms with Gasteiger partial charge in [-0.3, -0.25) is 0 Å². The van der Waals surface area contributed by atoms with E-state index in [9.17, 15) is 0 Å². The molecular formula is C15H11IS. The Morgan fingerprint density at radius 1 is 1.00 bits per heavy atom. The number of allylic oxidation sites excluding steroid dienone is 1. The maximum atomic E-state index is 2.38. The molecule has 0 N–H and O–H groups in total. The van der Waals surface area contributed by atoms with E-state index < -0.39 is 0 Å². The molecule has 0 saturated carbocycles. The molecule has 0 aliphatic carbocycles. The van der Waals surface area contributed by atoms with Gasteiger partial charge in [0.25, 0.3) is 0 Å². The van der Waals surface area contributed by atoms with Crippen LogP contribution in [0.3, 0.4) is 0 Å². The zero-order chi connectivity index (χ0) is 11.8. The van der Waals surface area contributed by atoms with Crippen molar-refractivity contribution in [2.24, 2.45) is 0 Å². The molecule has 1 aliphatic rings. The van der Waals surface area contributed by atoms with Crippen molar-refractivity contribution in [2.45, 2.75) is 16.7 Å². The largest absolute Gasteiger partial charge is 0.0888 e. The van der Waals surface area contributed by atoms with E-state index in [0.29, 0.717) is 0 Å². The van der Waals surface area contributed by atoms with Crippen LogP contribution in [-0.4, -0.2) is 0 Å². The number of rotatable bonds is 0. The lowest BCUT2D eigenvalue weighted by Gasteiger charge is -2.21. The highest BCUT2D eigenvalue weighted by Gasteiger charge is 2.19. The van der Waals surface area contributed by atoms with E-state index in [4.69, 9.17) is 0 Å². The maximum absolute atomic E-state index is 2.38. The van der Waals surface area contributed by atoms with Crippen molar-refractivity contribution in [3.05, 3.63) is 63.2 Å². The third kappa shape index (κ3) is 1.93. The van der Waals surface area contributed by atoms with Crippen LogP contribution in [0.25, 0.3) is 5.57 Å². The van der Waals surface area contributed by atoms with Crippen molar-refractivity contribution < 1.29 is 0 Å². The molecule has 0 atom stereocenters. The van der Waals surface area contributed by atoms with Crippen molar-refractivity contribution in [1.82, 2.24) is 0 Å². The predicted octanol–water partition coefficient (Wildman–Crippen LogP) is 5.21. The van der Waals surface area contributed by atoms with E-state index in [1.165, 1.54) is 30.1 Å². The van der Waals surface area contributed by atoms with Crippen LogP contribution in [0.4, 0.5) is 0 Å². The summed E-state index contributed by atoms with van der Waals surface area (Å²) in [6, 6.07) is 15.3. The third-order valence-electron chi connectivity index (χ3n) is 2.92. The molecule has 2 aromatic carbocycles. The van der Waals surface area contributed by atoms with Crippen molar-refractivity contribution in [1.29, 1.82) is 0 Å². The molecule has 17 heavy (non-hydrogen) atoms. The molecule has 3 rings (SSSR count). The van der Waals surface area contributed by atoms with E-state index in [1.54, 1.807) is 0 Å². The second kappa shape index (κ2) is 4.50. The summed E-state index contributed by atoms with van der Waals surface area (Å²) in [5.74, 6) is 0. The van der Waals surface area contributed by atoms with Crippen molar-refractivity contribution in [2.75, 3.05) is 0 Å². The van der Waals surface area contributed by atoms with Crippen LogP contribution in [-0.2, 0) is 0 Å². The predicted molar refractivity (Wildman–Crippen MR) is 82.5 cm³/mol. The minimum Gasteiger partial charge on any atom is -0.0888 e. The fourth-order valence-corrected chi connectivity index (χ4v) is 3.73. The third-order valence-corrected chi connectivity index (χ3v) is 4.74. The lowest BCUT2D eigenvalue weighted by molar-refractivity contribution is 1.28. The van der Waals surface area contributed by atoms with Crippen LogP contribution in [0.5, 0.6) is 0 Å². The summed E-state index contributed by atoms with van der Waals surface area (Å²) in [6.45, 7) is 2.12. The highest BCUT2D eigenvalue weighted by molar-refractivity contribution is 14.1. The Labute approximate surface area is 119 Å². The monoisotopic (exact) mass is 350 g/mol. The number of halogens is 1. The zero-order valence-electron chi connectivity index (χ0n) is 9.41. The number of hydrogen-bond donors (Lipinski definition) is 0. The Balaban J connectivity index is 2.27. The minimum absolute atomic E-state index is 1.29. The van der Waals surface area contributed by atoms with E-state index in [-0.39, 0.29) is 0 Å². The summed E-state index contributed by atoms with van der Waals surface area (Å²) in [4.78, 5) is 2.71. The molecule has 2 heteroatoms. The van der Waals surface area contributed by atoms with Crippen molar-refractivity contribution in [3.63, 3.8) is 0 Å². The lowest BCUT2D eigenvalue weighted by Crippen LogP contribution is -1.98. The second-order valence-corrected chi connectivity index (χ2v) is 6.27. The highest BCUT2D eigenvalue weighted by Crippen LogP contribution is 2.45. The summed E-state index contributed by atoms with van der Waals surface area (Å²) in [5.41, 5.74) is 4.07. The smallest absolute Gasteiger partial charge is 0.0201 e. The molecule has 0 fully saturated rings. The lowest BCUT2D eigenvalue weighted by atomic mass is 9.97. The van der Waals surface area contributed by atoms with E-state index in [2.05, 4.69) is 78.1 Å². The second-order valence-electron chi connectivity index (χ2n) is 3.94. The standard InChI is InChI=1S/C15H11IS/c1-2-11-12-5-3-4-6-14(12)17-15-8-7-10(16)9-13(11)15/h2-9H,1H3/b11-2+. The molecule has 2 aromatic rings. The number of hydrogen-bond acceptors (Lipinski definition) is 1. The molecule has 0 spiro atoms. The topological polar surface area (TPSA) is 0 Å². The highest BCUT2D eigenvalue weighted by atomic mass is 127. The first-order chi connectivity index (χ1) is 8.29. The van der Waals surface area contributed by atoms with Crippen LogP contribution in [0.2, 0.25) is 0 Å². The molecule has 0 bridgehead atoms. The summed E-state index contributed by atoms with van der Waals surface area (Å²) in [6.07, 6.45) is 2.22. The van der Waals surface area contributed by atoms with Gasteiger partial charge in [-0.25, -0.2) is 0 Å². The van der Waals surface area contributed by atoms with Gasteiger partial charge in [-0.2, -0.15) is 0 Å². The molecule has 84 valence electrons. The van der Waals surface area contributed by atoms with Gasteiger partial charge in [-0.15, -0.1) is 0 Å². The Bertz CT molecular complexity index is 614. The summed E-state index contributed by atoms with van der Waals surface area (Å²) < 4.78 is 1.29. The summed E-state index contributed by atoms with van der Waals surface area (Å²) >= 11 is 4.24. The van der Waals surface area contributed by atoms with Gasteiger partial charge < -0.3 is 0 Å². The normalized spacial score (nSPS) is 15.5. The summed E-state index contributed by atoms with van der Waals surface area (Å²) in [5, 5.41) is 0. The Morgan fingerprint density at radius 2 is 1.76 bits per heavy atom. The first-order valence-electron chi connectivity index (χ1n) is 5.53. The zero-order valence-corrected chi connectivity index (χ0v) is 12.4. The van der Waals surface area contributed by atoms with E-state index in [0.717, 1.165) is 0 Å². The van der Waals surface area contributed by atoms with E-state index in [1.807, 2.05) is 11.8 Å². The molecule has 1 aliphatic heterocycles. The maximum Gasteiger partial charge on any atom is 0.0201 e. The van der Waals surface area contributed by atoms with E-state index >= 15 is 0 Å². The minimum atomic E-state index is 1.29. The van der Waals surface area contributed by atoms with Gasteiger partial charge in [0.1, 0.15) is 0 Å². The van der Waals surface area contributed by atoms with Crippen LogP contribution in [0.1, 0.15) is 18.1 Å². The molecule has 0 nitrogen and oxygen atoms in total. The fourth-order valence-electron chi connectivity index (χ4n) is 2.15. The summed E-state index contributed by atoms with van der Waals surface area (Å²) in [7, 11) is 0. The molecule has 1 heterocycles. The van der Waals surface area contributed by atoms with Gasteiger partial charge in [0.05, 0.1) is 0 Å². The Morgan fingerprint density at radius 3 is 2.59 bits per heavy atom. The van der Waals surface area contributed by atoms with Crippen molar-refractivity contribution in [3.8, 4) is 0 Å². The van der Waals surface area contributed by atoms with Crippen LogP contribution in [0, 0.1) is 3.57 Å². The fraction of sp³-hybridized carbons (Fsp3) is 0.0667. The average Bonchev–Trinajstić information content (AvgIpc) is 2.36.